The number of aryl methyl sites for hydroxylation is 1. The first-order chi connectivity index (χ1) is 18.9. The summed E-state index contributed by atoms with van der Waals surface area (Å²) in [6.45, 7) is 2.23. The zero-order valence-corrected chi connectivity index (χ0v) is 24.7. The maximum atomic E-state index is 13.9. The lowest BCUT2D eigenvalue weighted by molar-refractivity contribution is -0.141. The van der Waals surface area contributed by atoms with E-state index in [4.69, 9.17) is 23.2 Å². The number of benzene rings is 3. The van der Waals surface area contributed by atoms with Gasteiger partial charge in [-0.2, -0.15) is 0 Å². The molecule has 0 unspecified atom stereocenters. The Hall–Kier alpha value is -2.47. The minimum atomic E-state index is -0.682. The summed E-state index contributed by atoms with van der Waals surface area (Å²) < 4.78 is 0. The summed E-state index contributed by atoms with van der Waals surface area (Å²) in [5.74, 6) is 0.399. The van der Waals surface area contributed by atoms with Gasteiger partial charge in [-0.3, -0.25) is 9.59 Å². The standard InChI is InChI=1S/C32H36Cl2N2O2S/c1-23-15-17-26(18-16-23)39-20-19-31(37)36(22-27-28(33)13-8-14-29(27)34)30(21-24-9-4-2-5-10-24)32(38)35-25-11-6-3-7-12-25/h2,4-5,8-10,13-18,25,30H,3,6-7,11-12,19-22H2,1H3,(H,35,38)/t30-/m0/s1. The van der Waals surface area contributed by atoms with Crippen molar-refractivity contribution in [3.8, 4) is 0 Å². The second kappa shape index (κ2) is 14.8. The van der Waals surface area contributed by atoms with Crippen molar-refractivity contribution in [1.82, 2.24) is 10.2 Å². The van der Waals surface area contributed by atoms with Gasteiger partial charge >= 0.3 is 0 Å². The van der Waals surface area contributed by atoms with Gasteiger partial charge in [0.1, 0.15) is 6.04 Å². The summed E-state index contributed by atoms with van der Waals surface area (Å²) in [5, 5.41) is 4.25. The molecule has 0 bridgehead atoms. The lowest BCUT2D eigenvalue weighted by atomic mass is 9.94. The van der Waals surface area contributed by atoms with Crippen LogP contribution in [0.4, 0.5) is 0 Å². The van der Waals surface area contributed by atoms with Crippen LogP contribution in [-0.2, 0) is 22.6 Å². The maximum Gasteiger partial charge on any atom is 0.243 e. The third-order valence-electron chi connectivity index (χ3n) is 7.22. The van der Waals surface area contributed by atoms with Gasteiger partial charge in [-0.05, 0) is 49.6 Å². The smallest absolute Gasteiger partial charge is 0.243 e. The molecule has 39 heavy (non-hydrogen) atoms. The molecule has 7 heteroatoms. The summed E-state index contributed by atoms with van der Waals surface area (Å²) in [6.07, 6.45) is 6.09. The molecule has 1 atom stereocenters. The topological polar surface area (TPSA) is 49.4 Å². The van der Waals surface area contributed by atoms with Crippen LogP contribution in [0.2, 0.25) is 10.0 Å². The minimum absolute atomic E-state index is 0.0923. The quantitative estimate of drug-likeness (QED) is 0.234. The zero-order chi connectivity index (χ0) is 27.6. The van der Waals surface area contributed by atoms with Crippen LogP contribution in [-0.4, -0.2) is 34.6 Å². The number of hydrogen-bond donors (Lipinski definition) is 1. The van der Waals surface area contributed by atoms with Gasteiger partial charge in [0.15, 0.2) is 0 Å². The van der Waals surface area contributed by atoms with E-state index in [1.165, 1.54) is 12.0 Å². The van der Waals surface area contributed by atoms with E-state index in [-0.39, 0.29) is 24.4 Å². The Morgan fingerprint density at radius 1 is 0.923 bits per heavy atom. The molecule has 4 rings (SSSR count). The zero-order valence-electron chi connectivity index (χ0n) is 22.4. The highest BCUT2D eigenvalue weighted by molar-refractivity contribution is 7.99. The van der Waals surface area contributed by atoms with Crippen LogP contribution in [0, 0.1) is 6.92 Å². The van der Waals surface area contributed by atoms with E-state index in [0.29, 0.717) is 34.2 Å². The van der Waals surface area contributed by atoms with Gasteiger partial charge in [0, 0.05) is 51.7 Å². The third-order valence-corrected chi connectivity index (χ3v) is 8.94. The Balaban J connectivity index is 1.60. The van der Waals surface area contributed by atoms with Crippen molar-refractivity contribution < 1.29 is 9.59 Å². The van der Waals surface area contributed by atoms with Crippen molar-refractivity contribution >= 4 is 46.8 Å². The van der Waals surface area contributed by atoms with Crippen molar-refractivity contribution in [2.75, 3.05) is 5.75 Å². The van der Waals surface area contributed by atoms with Crippen molar-refractivity contribution in [3.63, 3.8) is 0 Å². The van der Waals surface area contributed by atoms with Crippen LogP contribution >= 0.6 is 35.0 Å². The molecule has 0 saturated heterocycles. The number of carbonyl (C=O) groups excluding carboxylic acids is 2. The summed E-state index contributed by atoms with van der Waals surface area (Å²) in [6, 6.07) is 22.9. The van der Waals surface area contributed by atoms with Gasteiger partial charge in [0.05, 0.1) is 0 Å². The van der Waals surface area contributed by atoms with Crippen LogP contribution in [0.5, 0.6) is 0 Å². The molecule has 1 fully saturated rings. The first kappa shape index (κ1) is 29.5. The number of thioether (sulfide) groups is 1. The fraction of sp³-hybridized carbons (Fsp3) is 0.375. The Bertz CT molecular complexity index is 1210. The SMILES string of the molecule is Cc1ccc(SCCC(=O)N(Cc2c(Cl)cccc2Cl)[C@@H](Cc2ccccc2)C(=O)NC2CCCCC2)cc1. The van der Waals surface area contributed by atoms with E-state index >= 15 is 0 Å². The summed E-state index contributed by atoms with van der Waals surface area (Å²) >= 11 is 14.7. The van der Waals surface area contributed by atoms with E-state index in [2.05, 4.69) is 36.5 Å². The van der Waals surface area contributed by atoms with Crippen LogP contribution in [0.3, 0.4) is 0 Å². The van der Waals surface area contributed by atoms with Crippen molar-refractivity contribution in [3.05, 3.63) is 99.5 Å². The summed E-state index contributed by atoms with van der Waals surface area (Å²) in [4.78, 5) is 30.6. The van der Waals surface area contributed by atoms with Gasteiger partial charge in [-0.15, -0.1) is 11.8 Å². The Morgan fingerprint density at radius 2 is 1.59 bits per heavy atom. The van der Waals surface area contributed by atoms with Crippen LogP contribution in [0.15, 0.2) is 77.7 Å². The molecule has 1 N–H and O–H groups in total. The number of nitrogens with zero attached hydrogens (tertiary/aromatic N) is 1. The van der Waals surface area contributed by atoms with E-state index in [1.807, 2.05) is 30.3 Å². The predicted molar refractivity (Wildman–Crippen MR) is 162 cm³/mol. The van der Waals surface area contributed by atoms with Gasteiger partial charge in [0.2, 0.25) is 11.8 Å². The molecule has 206 valence electrons. The molecule has 3 aromatic rings. The monoisotopic (exact) mass is 582 g/mol. The first-order valence-electron chi connectivity index (χ1n) is 13.7. The molecule has 0 aromatic heterocycles. The Labute approximate surface area is 246 Å². The number of nitrogens with one attached hydrogen (secondary N) is 1. The van der Waals surface area contributed by atoms with Crippen LogP contribution in [0.25, 0.3) is 0 Å². The van der Waals surface area contributed by atoms with Gasteiger partial charge < -0.3 is 10.2 Å². The normalized spacial score (nSPS) is 14.5. The number of halogens is 2. The van der Waals surface area contributed by atoms with Crippen LogP contribution in [0.1, 0.15) is 55.2 Å². The summed E-state index contributed by atoms with van der Waals surface area (Å²) in [7, 11) is 0. The van der Waals surface area contributed by atoms with Gasteiger partial charge in [-0.1, -0.05) is 96.6 Å². The van der Waals surface area contributed by atoms with Crippen molar-refractivity contribution in [1.29, 1.82) is 0 Å². The molecule has 1 aliphatic rings. The van der Waals surface area contributed by atoms with E-state index in [0.717, 1.165) is 36.1 Å². The van der Waals surface area contributed by atoms with Crippen molar-refractivity contribution in [2.24, 2.45) is 0 Å². The number of rotatable bonds is 11. The lowest BCUT2D eigenvalue weighted by Gasteiger charge is -2.34. The molecule has 4 nitrogen and oxygen atoms in total. The average molecular weight is 584 g/mol. The van der Waals surface area contributed by atoms with Gasteiger partial charge in [0.25, 0.3) is 0 Å². The lowest BCUT2D eigenvalue weighted by Crippen LogP contribution is -2.53. The number of amides is 2. The molecule has 2 amide bonds. The molecular weight excluding hydrogens is 547 g/mol. The summed E-state index contributed by atoms with van der Waals surface area (Å²) in [5.41, 5.74) is 2.85. The second-order valence-electron chi connectivity index (χ2n) is 10.2. The molecule has 1 aliphatic carbocycles. The third kappa shape index (κ3) is 8.76. The van der Waals surface area contributed by atoms with E-state index in [1.54, 1.807) is 34.9 Å². The highest BCUT2D eigenvalue weighted by Crippen LogP contribution is 2.28. The molecule has 1 saturated carbocycles. The van der Waals surface area contributed by atoms with E-state index < -0.39 is 6.04 Å². The molecule has 0 aliphatic heterocycles. The molecule has 0 radical (unpaired) electrons. The maximum absolute atomic E-state index is 13.9. The Morgan fingerprint density at radius 3 is 2.26 bits per heavy atom. The fourth-order valence-electron chi connectivity index (χ4n) is 4.99. The molecular formula is C32H36Cl2N2O2S. The largest absolute Gasteiger partial charge is 0.352 e. The van der Waals surface area contributed by atoms with Gasteiger partial charge in [-0.25, -0.2) is 0 Å². The first-order valence-corrected chi connectivity index (χ1v) is 15.4. The molecule has 0 spiro atoms. The number of carbonyl (C=O) groups is 2. The average Bonchev–Trinajstić information content (AvgIpc) is 2.94. The second-order valence-corrected chi connectivity index (χ2v) is 12.2. The highest BCUT2D eigenvalue weighted by atomic mass is 35.5. The fourth-order valence-corrected chi connectivity index (χ4v) is 6.34. The Kier molecular flexibility index (Phi) is 11.2. The van der Waals surface area contributed by atoms with Crippen molar-refractivity contribution in [2.45, 2.75) is 75.4 Å². The van der Waals surface area contributed by atoms with Crippen LogP contribution < -0.4 is 5.32 Å². The van der Waals surface area contributed by atoms with E-state index in [9.17, 15) is 9.59 Å². The molecule has 0 heterocycles. The minimum Gasteiger partial charge on any atom is -0.352 e. The highest BCUT2D eigenvalue weighted by Gasteiger charge is 2.32. The predicted octanol–water partition coefficient (Wildman–Crippen LogP) is 7.87. The number of hydrogen-bond acceptors (Lipinski definition) is 3. The molecule has 3 aromatic carbocycles.